The van der Waals surface area contributed by atoms with Gasteiger partial charge in [-0.3, -0.25) is 4.79 Å². The van der Waals surface area contributed by atoms with Gasteiger partial charge in [-0.15, -0.1) is 0 Å². The van der Waals surface area contributed by atoms with E-state index in [1.807, 2.05) is 0 Å². The number of hydrogen-bond donors (Lipinski definition) is 1. The Morgan fingerprint density at radius 2 is 2.23 bits per heavy atom. The summed E-state index contributed by atoms with van der Waals surface area (Å²) >= 11 is 0. The number of phenolic OH excluding ortho intramolecular Hbond substituents is 1. The molecule has 1 N–H and O–H groups in total. The molecule has 0 fully saturated rings. The molecule has 0 bridgehead atoms. The van der Waals surface area contributed by atoms with Crippen molar-refractivity contribution in [1.82, 2.24) is 0 Å². The number of benzene rings is 1. The number of carbonyl (C=O) groups is 1. The van der Waals surface area contributed by atoms with Gasteiger partial charge in [0.05, 0.1) is 7.11 Å². The summed E-state index contributed by atoms with van der Waals surface area (Å²) in [4.78, 5) is 10.0. The molecular formula is C10H10O3. The predicted octanol–water partition coefficient (Wildman–Crippen LogP) is 1.61. The van der Waals surface area contributed by atoms with E-state index in [0.717, 1.165) is 5.56 Å². The van der Waals surface area contributed by atoms with Crippen molar-refractivity contribution >= 4 is 12.4 Å². The van der Waals surface area contributed by atoms with Gasteiger partial charge >= 0.3 is 0 Å². The van der Waals surface area contributed by atoms with Gasteiger partial charge in [0.1, 0.15) is 6.29 Å². The Kier molecular flexibility index (Phi) is 3.09. The van der Waals surface area contributed by atoms with Gasteiger partial charge in [0.2, 0.25) is 0 Å². The van der Waals surface area contributed by atoms with Gasteiger partial charge in [-0.25, -0.2) is 0 Å². The summed E-state index contributed by atoms with van der Waals surface area (Å²) in [7, 11) is 1.48. The Balaban J connectivity index is 2.95. The first-order valence-electron chi connectivity index (χ1n) is 3.77. The Morgan fingerprint density at radius 3 is 2.77 bits per heavy atom. The summed E-state index contributed by atoms with van der Waals surface area (Å²) in [6.45, 7) is 0. The number of aromatic hydroxyl groups is 1. The molecule has 0 unspecified atom stereocenters. The molecule has 0 saturated carbocycles. The fourth-order valence-electron chi connectivity index (χ4n) is 0.961. The maximum Gasteiger partial charge on any atom is 0.160 e. The van der Waals surface area contributed by atoms with Crippen LogP contribution in [-0.2, 0) is 4.79 Å². The fourth-order valence-corrected chi connectivity index (χ4v) is 0.961. The maximum atomic E-state index is 10.0. The topological polar surface area (TPSA) is 46.5 Å². The molecule has 0 aromatic heterocycles. The molecule has 3 heteroatoms. The molecule has 3 nitrogen and oxygen atoms in total. The van der Waals surface area contributed by atoms with Gasteiger partial charge in [-0.1, -0.05) is 12.1 Å². The first kappa shape index (κ1) is 9.32. The second-order valence-corrected chi connectivity index (χ2v) is 2.43. The molecular weight excluding hydrogens is 168 g/mol. The standard InChI is InChI=1S/C10H10O3/c1-13-10-5-4-8(3-2-6-11)7-9(10)12/h2-7,12H,1H3. The number of methoxy groups -OCH3 is 1. The monoisotopic (exact) mass is 178 g/mol. The third-order valence-electron chi connectivity index (χ3n) is 1.57. The summed E-state index contributed by atoms with van der Waals surface area (Å²) in [5.41, 5.74) is 0.755. The molecule has 0 saturated heterocycles. The number of carbonyl (C=O) groups excluding carboxylic acids is 1. The lowest BCUT2D eigenvalue weighted by molar-refractivity contribution is -0.104. The molecule has 0 aliphatic carbocycles. The van der Waals surface area contributed by atoms with Crippen molar-refractivity contribution in [2.45, 2.75) is 0 Å². The van der Waals surface area contributed by atoms with Gasteiger partial charge in [0.15, 0.2) is 11.5 Å². The molecule has 0 aliphatic heterocycles. The van der Waals surface area contributed by atoms with E-state index < -0.39 is 0 Å². The fraction of sp³-hybridized carbons (Fsp3) is 0.100. The van der Waals surface area contributed by atoms with E-state index in [1.165, 1.54) is 19.3 Å². The zero-order valence-corrected chi connectivity index (χ0v) is 7.23. The Morgan fingerprint density at radius 1 is 1.46 bits per heavy atom. The van der Waals surface area contributed by atoms with Crippen molar-refractivity contribution in [3.63, 3.8) is 0 Å². The summed E-state index contributed by atoms with van der Waals surface area (Å²) in [5, 5.41) is 9.34. The highest BCUT2D eigenvalue weighted by molar-refractivity contribution is 5.74. The van der Waals surface area contributed by atoms with Crippen LogP contribution in [0, 0.1) is 0 Å². The van der Waals surface area contributed by atoms with Crippen LogP contribution >= 0.6 is 0 Å². The van der Waals surface area contributed by atoms with Crippen molar-refractivity contribution < 1.29 is 14.6 Å². The van der Waals surface area contributed by atoms with Gasteiger partial charge in [-0.2, -0.15) is 0 Å². The second-order valence-electron chi connectivity index (χ2n) is 2.43. The lowest BCUT2D eigenvalue weighted by atomic mass is 10.2. The summed E-state index contributed by atoms with van der Waals surface area (Å²) in [5.74, 6) is 0.485. The normalized spacial score (nSPS) is 10.2. The predicted molar refractivity (Wildman–Crippen MR) is 49.8 cm³/mol. The molecule has 13 heavy (non-hydrogen) atoms. The van der Waals surface area contributed by atoms with Gasteiger partial charge < -0.3 is 9.84 Å². The van der Waals surface area contributed by atoms with Crippen LogP contribution in [0.1, 0.15) is 5.56 Å². The maximum absolute atomic E-state index is 10.0. The third-order valence-corrected chi connectivity index (χ3v) is 1.57. The van der Waals surface area contributed by atoms with Crippen molar-refractivity contribution in [3.8, 4) is 11.5 Å². The van der Waals surface area contributed by atoms with Gasteiger partial charge in [0.25, 0.3) is 0 Å². The van der Waals surface area contributed by atoms with Crippen molar-refractivity contribution in [2.24, 2.45) is 0 Å². The van der Waals surface area contributed by atoms with Crippen molar-refractivity contribution in [1.29, 1.82) is 0 Å². The van der Waals surface area contributed by atoms with Crippen LogP contribution in [0.2, 0.25) is 0 Å². The number of aldehydes is 1. The van der Waals surface area contributed by atoms with E-state index in [4.69, 9.17) is 4.74 Å². The van der Waals surface area contributed by atoms with Gasteiger partial charge in [0, 0.05) is 0 Å². The summed E-state index contributed by atoms with van der Waals surface area (Å²) in [6, 6.07) is 4.91. The molecule has 0 heterocycles. The highest BCUT2D eigenvalue weighted by atomic mass is 16.5. The van der Waals surface area contributed by atoms with Crippen molar-refractivity contribution in [3.05, 3.63) is 29.8 Å². The lowest BCUT2D eigenvalue weighted by Crippen LogP contribution is -1.83. The number of ether oxygens (including phenoxy) is 1. The van der Waals surface area contributed by atoms with E-state index >= 15 is 0 Å². The zero-order chi connectivity index (χ0) is 9.68. The van der Waals surface area contributed by atoms with Crippen LogP contribution in [0.3, 0.4) is 0 Å². The highest BCUT2D eigenvalue weighted by Gasteiger charge is 1.99. The Bertz CT molecular complexity index is 329. The van der Waals surface area contributed by atoms with Crippen LogP contribution in [0.15, 0.2) is 24.3 Å². The van der Waals surface area contributed by atoms with Crippen LogP contribution in [0.25, 0.3) is 6.08 Å². The number of hydrogen-bond acceptors (Lipinski definition) is 3. The molecule has 0 amide bonds. The van der Waals surface area contributed by atoms with Crippen LogP contribution in [0.5, 0.6) is 11.5 Å². The van der Waals surface area contributed by atoms with Crippen LogP contribution < -0.4 is 4.74 Å². The largest absolute Gasteiger partial charge is 0.504 e. The van der Waals surface area contributed by atoms with Gasteiger partial charge in [-0.05, 0) is 23.8 Å². The minimum atomic E-state index is 0.0653. The molecule has 0 atom stereocenters. The Hall–Kier alpha value is -1.77. The zero-order valence-electron chi connectivity index (χ0n) is 7.23. The third kappa shape index (κ3) is 2.33. The molecule has 1 aromatic carbocycles. The second kappa shape index (κ2) is 4.30. The highest BCUT2D eigenvalue weighted by Crippen LogP contribution is 2.26. The number of rotatable bonds is 3. The summed E-state index contributed by atoms with van der Waals surface area (Å²) < 4.78 is 4.86. The SMILES string of the molecule is COc1ccc(C=CC=O)cc1O. The first-order valence-corrected chi connectivity index (χ1v) is 3.77. The first-order chi connectivity index (χ1) is 6.27. The average molecular weight is 178 g/mol. The molecule has 1 aromatic rings. The molecule has 68 valence electrons. The molecule has 0 spiro atoms. The van der Waals surface area contributed by atoms with E-state index in [9.17, 15) is 9.90 Å². The molecule has 0 aliphatic rings. The van der Waals surface area contributed by atoms with E-state index in [0.29, 0.717) is 12.0 Å². The smallest absolute Gasteiger partial charge is 0.160 e. The molecule has 1 rings (SSSR count). The van der Waals surface area contributed by atoms with E-state index in [1.54, 1.807) is 18.2 Å². The number of allylic oxidation sites excluding steroid dienone is 1. The minimum Gasteiger partial charge on any atom is -0.504 e. The van der Waals surface area contributed by atoms with Crippen LogP contribution in [-0.4, -0.2) is 18.5 Å². The number of phenols is 1. The van der Waals surface area contributed by atoms with Crippen molar-refractivity contribution in [2.75, 3.05) is 7.11 Å². The average Bonchev–Trinajstić information content (AvgIpc) is 2.15. The summed E-state index contributed by atoms with van der Waals surface area (Å²) in [6.07, 6.45) is 3.65. The lowest BCUT2D eigenvalue weighted by Gasteiger charge is -2.02. The molecule has 0 radical (unpaired) electrons. The quantitative estimate of drug-likeness (QED) is 0.565. The Labute approximate surface area is 76.3 Å². The minimum absolute atomic E-state index is 0.0653. The van der Waals surface area contributed by atoms with E-state index in [2.05, 4.69) is 0 Å². The van der Waals surface area contributed by atoms with Crippen LogP contribution in [0.4, 0.5) is 0 Å². The van der Waals surface area contributed by atoms with E-state index in [-0.39, 0.29) is 5.75 Å².